The van der Waals surface area contributed by atoms with Gasteiger partial charge in [-0.1, -0.05) is 0 Å². The number of amides is 1. The van der Waals surface area contributed by atoms with Crippen LogP contribution in [0.3, 0.4) is 0 Å². The molecule has 0 saturated heterocycles. The van der Waals surface area contributed by atoms with Gasteiger partial charge in [0.1, 0.15) is 0 Å². The second-order valence-corrected chi connectivity index (χ2v) is 32.9. The molecule has 4 fully saturated rings. The average molecular weight is 465 g/mol. The molecule has 27 heavy (non-hydrogen) atoms. The molecule has 2 nitrogen and oxygen atoms in total. The topological polar surface area (TPSA) is 29.1 Å². The summed E-state index contributed by atoms with van der Waals surface area (Å²) in [6.45, 7) is 11.8. The molecule has 0 aromatic rings. The van der Waals surface area contributed by atoms with E-state index in [1.807, 2.05) is 0 Å². The van der Waals surface area contributed by atoms with Crippen LogP contribution in [0.4, 0.5) is 0 Å². The van der Waals surface area contributed by atoms with Gasteiger partial charge in [0.25, 0.3) is 0 Å². The van der Waals surface area contributed by atoms with E-state index in [4.69, 9.17) is 0 Å². The summed E-state index contributed by atoms with van der Waals surface area (Å²) in [6.07, 6.45) is 7.70. The minimum absolute atomic E-state index is 0.0119. The van der Waals surface area contributed by atoms with E-state index in [1.165, 1.54) is 49.7 Å². The molecule has 0 spiro atoms. The number of carbonyl (C=O) groups excluding carboxylic acids is 1. The van der Waals surface area contributed by atoms with Crippen molar-refractivity contribution >= 4 is 17.4 Å². The van der Waals surface area contributed by atoms with Crippen molar-refractivity contribution in [3.05, 3.63) is 20.6 Å². The van der Waals surface area contributed by atoms with Crippen molar-refractivity contribution in [1.82, 2.24) is 3.80 Å². The average Bonchev–Trinajstić information content (AvgIpc) is 2.74. The van der Waals surface area contributed by atoms with Gasteiger partial charge in [0.2, 0.25) is 0 Å². The van der Waals surface area contributed by atoms with Gasteiger partial charge in [-0.3, -0.25) is 0 Å². The minimum atomic E-state index is -1.68. The molecular formula is C23H38GeNOTi. The summed E-state index contributed by atoms with van der Waals surface area (Å²) in [7, 11) is 0. The summed E-state index contributed by atoms with van der Waals surface area (Å²) in [5.41, 5.74) is 5.02. The molecule has 5 aliphatic carbocycles. The first kappa shape index (κ1) is 20.5. The van der Waals surface area contributed by atoms with Crippen LogP contribution in [0.2, 0.25) is 11.5 Å². The van der Waals surface area contributed by atoms with Gasteiger partial charge in [-0.05, 0) is 0 Å². The fraction of sp³-hybridized carbons (Fsp3) is 0.783. The molecule has 1 amide bonds. The Labute approximate surface area is 175 Å². The van der Waals surface area contributed by atoms with Gasteiger partial charge in [-0.2, -0.15) is 0 Å². The zero-order valence-corrected chi connectivity index (χ0v) is 22.4. The Morgan fingerprint density at radius 1 is 1.07 bits per heavy atom. The molecule has 3 unspecified atom stereocenters. The van der Waals surface area contributed by atoms with Crippen molar-refractivity contribution in [1.29, 1.82) is 0 Å². The van der Waals surface area contributed by atoms with Crippen LogP contribution in [0, 0.1) is 28.6 Å². The Balaban J connectivity index is 1.60. The van der Waals surface area contributed by atoms with Crippen LogP contribution < -0.4 is 3.80 Å². The van der Waals surface area contributed by atoms with Crippen molar-refractivity contribution in [3.8, 4) is 0 Å². The molecule has 0 radical (unpaired) electrons. The third-order valence-corrected chi connectivity index (χ3v) is 27.3. The first-order valence-corrected chi connectivity index (χ1v) is 23.4. The SMILES string of the molecule is CC1=C(C)C(C)[C]([Ti]([NH]C(=O)C23CC4CC(CC(C)(C4)C2)C3)[GeH]([CH3])[CH3])=C1C. The van der Waals surface area contributed by atoms with E-state index in [-0.39, 0.29) is 5.41 Å². The van der Waals surface area contributed by atoms with Crippen molar-refractivity contribution < 1.29 is 20.7 Å². The summed E-state index contributed by atoms with van der Waals surface area (Å²) >= 11 is -3.08. The van der Waals surface area contributed by atoms with Gasteiger partial charge in [-0.15, -0.1) is 0 Å². The maximum absolute atomic E-state index is 13.8. The Kier molecular flexibility index (Phi) is 5.22. The number of hydrogen-bond acceptors (Lipinski definition) is 1. The fourth-order valence-corrected chi connectivity index (χ4v) is 25.0. The Morgan fingerprint density at radius 3 is 2.11 bits per heavy atom. The van der Waals surface area contributed by atoms with E-state index in [0.717, 1.165) is 11.8 Å². The number of nitrogens with one attached hydrogen (secondary N) is 1. The molecular weight excluding hydrogens is 427 g/mol. The monoisotopic (exact) mass is 466 g/mol. The Morgan fingerprint density at radius 2 is 1.67 bits per heavy atom. The predicted molar refractivity (Wildman–Crippen MR) is 112 cm³/mol. The summed E-state index contributed by atoms with van der Waals surface area (Å²) in [5, 5.41) is 0. The van der Waals surface area contributed by atoms with E-state index in [1.54, 1.807) is 9.45 Å². The zero-order valence-electron chi connectivity index (χ0n) is 18.5. The molecule has 3 atom stereocenters. The van der Waals surface area contributed by atoms with Crippen LogP contribution in [0.15, 0.2) is 20.6 Å². The molecule has 149 valence electrons. The first-order chi connectivity index (χ1) is 12.6. The van der Waals surface area contributed by atoms with Crippen LogP contribution in [-0.2, 0) is 20.7 Å². The quantitative estimate of drug-likeness (QED) is 0.548. The second kappa shape index (κ2) is 6.88. The molecule has 5 rings (SSSR count). The Bertz CT molecular complexity index is 723. The molecule has 0 aromatic heterocycles. The maximum atomic E-state index is 13.8. The van der Waals surface area contributed by atoms with Crippen LogP contribution in [0.25, 0.3) is 0 Å². The molecule has 1 N–H and O–H groups in total. The molecule has 4 saturated carbocycles. The van der Waals surface area contributed by atoms with Gasteiger partial charge in [-0.25, -0.2) is 0 Å². The van der Waals surface area contributed by atoms with Crippen LogP contribution >= 0.6 is 0 Å². The molecule has 4 heteroatoms. The molecule has 5 aliphatic rings. The van der Waals surface area contributed by atoms with Crippen LogP contribution in [0.5, 0.6) is 0 Å². The van der Waals surface area contributed by atoms with Gasteiger partial charge >= 0.3 is 176 Å². The van der Waals surface area contributed by atoms with Crippen molar-refractivity contribution in [2.45, 2.75) is 84.7 Å². The predicted octanol–water partition coefficient (Wildman–Crippen LogP) is 5.49. The van der Waals surface area contributed by atoms with Crippen LogP contribution in [-0.4, -0.2) is 17.4 Å². The van der Waals surface area contributed by atoms with Crippen molar-refractivity contribution in [2.24, 2.45) is 28.6 Å². The third kappa shape index (κ3) is 3.30. The van der Waals surface area contributed by atoms with Gasteiger partial charge < -0.3 is 0 Å². The van der Waals surface area contributed by atoms with E-state index >= 15 is 0 Å². The number of hydrogen-bond donors (Lipinski definition) is 1. The molecule has 0 heterocycles. The Hall–Kier alpha value is 0.207. The zero-order chi connectivity index (χ0) is 19.7. The number of rotatable bonds is 4. The van der Waals surface area contributed by atoms with Crippen molar-refractivity contribution in [3.63, 3.8) is 0 Å². The van der Waals surface area contributed by atoms with Gasteiger partial charge in [0.15, 0.2) is 0 Å². The summed E-state index contributed by atoms with van der Waals surface area (Å²) in [5.74, 6) is 7.76. The molecule has 0 aliphatic heterocycles. The second-order valence-electron chi connectivity index (χ2n) is 11.1. The fourth-order valence-electron chi connectivity index (χ4n) is 7.56. The number of allylic oxidation sites excluding steroid dienone is 4. The van der Waals surface area contributed by atoms with Crippen LogP contribution in [0.1, 0.15) is 73.1 Å². The normalized spacial score (nSPS) is 40.4. The first-order valence-electron chi connectivity index (χ1n) is 11.1. The molecule has 0 aromatic carbocycles. The van der Waals surface area contributed by atoms with E-state index in [0.29, 0.717) is 17.2 Å². The summed E-state index contributed by atoms with van der Waals surface area (Å²) < 4.78 is 5.57. The number of carbonyl (C=O) groups is 1. The van der Waals surface area contributed by atoms with Crippen molar-refractivity contribution in [2.75, 3.05) is 0 Å². The molecule has 4 bridgehead atoms. The van der Waals surface area contributed by atoms with Gasteiger partial charge in [0.05, 0.1) is 0 Å². The van der Waals surface area contributed by atoms with E-state index < -0.39 is 27.4 Å². The summed E-state index contributed by atoms with van der Waals surface area (Å²) in [6, 6.07) is 0. The third-order valence-electron chi connectivity index (χ3n) is 8.59. The standard InChI is InChI=1S/C12H19NO.C9H13.C2H7Ge.Ti/c1-11-3-8-2-9(4-11)6-12(5-8,7-11)10(13)14;1-6-5-7(2)9(4)8(6)3;1-3-2;/h8-9H,2-7H2,1H3,(H2,13,14);6H,1-4H3;3H,1-2H3;/q;;;+1/p-1. The van der Waals surface area contributed by atoms with E-state index in [2.05, 4.69) is 49.9 Å². The van der Waals surface area contributed by atoms with Gasteiger partial charge in [0, 0.05) is 0 Å². The summed E-state index contributed by atoms with van der Waals surface area (Å²) in [4.78, 5) is 13.8. The van der Waals surface area contributed by atoms with E-state index in [9.17, 15) is 4.79 Å².